The summed E-state index contributed by atoms with van der Waals surface area (Å²) in [5.41, 5.74) is 1.78. The highest BCUT2D eigenvalue weighted by Crippen LogP contribution is 2.09. The molecule has 1 aromatic heterocycles. The molecule has 0 radical (unpaired) electrons. The maximum absolute atomic E-state index is 12.4. The molecule has 0 saturated carbocycles. The van der Waals surface area contributed by atoms with E-state index in [1.54, 1.807) is 0 Å². The summed E-state index contributed by atoms with van der Waals surface area (Å²) in [6.45, 7) is 6.74. The van der Waals surface area contributed by atoms with Crippen molar-refractivity contribution < 1.29 is 4.79 Å². The molecule has 0 N–H and O–H groups in total. The molecule has 1 aromatic carbocycles. The molecule has 5 nitrogen and oxygen atoms in total. The average molecular weight is 331 g/mol. The zero-order chi connectivity index (χ0) is 16.2. The second-order valence-corrected chi connectivity index (χ2v) is 6.62. The van der Waals surface area contributed by atoms with Gasteiger partial charge in [0, 0.05) is 55.9 Å². The van der Waals surface area contributed by atoms with Gasteiger partial charge in [0.1, 0.15) is 0 Å². The number of aryl methyl sites for hydroxylation is 1. The third-order valence-corrected chi connectivity index (χ3v) is 5.18. The van der Waals surface area contributed by atoms with E-state index in [0.717, 1.165) is 50.5 Å². The lowest BCUT2D eigenvalue weighted by atomic mass is 10.2. The molecule has 1 aliphatic rings. The number of hydrogen-bond donors (Lipinski definition) is 0. The largest absolute Gasteiger partial charge is 0.336 e. The number of thiazole rings is 1. The van der Waals surface area contributed by atoms with E-state index < -0.39 is 0 Å². The molecule has 3 rings (SSSR count). The van der Waals surface area contributed by atoms with Crippen molar-refractivity contribution in [3.05, 3.63) is 56.6 Å². The first kappa shape index (κ1) is 16.0. The second kappa shape index (κ2) is 7.10. The molecule has 1 fully saturated rings. The summed E-state index contributed by atoms with van der Waals surface area (Å²) in [4.78, 5) is 28.5. The first-order chi connectivity index (χ1) is 11.1. The molecule has 0 bridgehead atoms. The quantitative estimate of drug-likeness (QED) is 0.856. The van der Waals surface area contributed by atoms with E-state index in [1.807, 2.05) is 52.1 Å². The number of nitrogens with zero attached hydrogens (tertiary/aromatic N) is 3. The van der Waals surface area contributed by atoms with Gasteiger partial charge >= 0.3 is 4.87 Å². The van der Waals surface area contributed by atoms with E-state index in [2.05, 4.69) is 4.90 Å². The minimum atomic E-state index is 0.107. The van der Waals surface area contributed by atoms with Crippen molar-refractivity contribution >= 4 is 17.2 Å². The van der Waals surface area contributed by atoms with E-state index in [-0.39, 0.29) is 10.8 Å². The smallest absolute Gasteiger partial charge is 0.307 e. The third kappa shape index (κ3) is 3.71. The highest BCUT2D eigenvalue weighted by atomic mass is 32.1. The lowest BCUT2D eigenvalue weighted by Crippen LogP contribution is -2.49. The number of rotatable bonds is 4. The normalized spacial score (nSPS) is 15.8. The monoisotopic (exact) mass is 331 g/mol. The molecule has 6 heteroatoms. The summed E-state index contributed by atoms with van der Waals surface area (Å²) in [5.74, 6) is 0.107. The zero-order valence-corrected chi connectivity index (χ0v) is 14.1. The van der Waals surface area contributed by atoms with Gasteiger partial charge in [-0.1, -0.05) is 29.5 Å². The van der Waals surface area contributed by atoms with E-state index in [1.165, 1.54) is 11.3 Å². The van der Waals surface area contributed by atoms with Crippen molar-refractivity contribution in [2.45, 2.75) is 13.5 Å². The molecule has 0 aliphatic carbocycles. The molecule has 2 heterocycles. The van der Waals surface area contributed by atoms with Crippen molar-refractivity contribution in [1.82, 2.24) is 14.4 Å². The van der Waals surface area contributed by atoms with Gasteiger partial charge in [0.15, 0.2) is 0 Å². The Bertz CT molecular complexity index is 715. The Morgan fingerprint density at radius 2 is 1.78 bits per heavy atom. The zero-order valence-electron chi connectivity index (χ0n) is 13.3. The van der Waals surface area contributed by atoms with Crippen molar-refractivity contribution in [3.63, 3.8) is 0 Å². The second-order valence-electron chi connectivity index (χ2n) is 5.79. The summed E-state index contributed by atoms with van der Waals surface area (Å²) in [5, 5.41) is 1.90. The number of carbonyl (C=O) groups excluding carboxylic acids is 1. The molecule has 122 valence electrons. The summed E-state index contributed by atoms with van der Waals surface area (Å²) < 4.78 is 1.83. The number of carbonyl (C=O) groups is 1. The van der Waals surface area contributed by atoms with Crippen LogP contribution >= 0.6 is 11.3 Å². The molecule has 2 aromatic rings. The van der Waals surface area contributed by atoms with Gasteiger partial charge in [-0.05, 0) is 19.1 Å². The highest BCUT2D eigenvalue weighted by molar-refractivity contribution is 7.07. The number of aromatic nitrogens is 1. The molecule has 23 heavy (non-hydrogen) atoms. The minimum absolute atomic E-state index is 0.107. The van der Waals surface area contributed by atoms with E-state index >= 15 is 0 Å². The van der Waals surface area contributed by atoms with Gasteiger partial charge in [0.25, 0.3) is 5.91 Å². The Kier molecular flexibility index (Phi) is 4.93. The molecular formula is C17H21N3O2S. The van der Waals surface area contributed by atoms with Crippen LogP contribution in [-0.2, 0) is 6.54 Å². The Hall–Kier alpha value is -1.92. The number of amides is 1. The van der Waals surface area contributed by atoms with Crippen LogP contribution in [0.5, 0.6) is 0 Å². The van der Waals surface area contributed by atoms with Gasteiger partial charge in [-0.25, -0.2) is 0 Å². The summed E-state index contributed by atoms with van der Waals surface area (Å²) in [6.07, 6.45) is 0. The topological polar surface area (TPSA) is 45.6 Å². The van der Waals surface area contributed by atoms with Gasteiger partial charge in [-0.15, -0.1) is 0 Å². The highest BCUT2D eigenvalue weighted by Gasteiger charge is 2.21. The van der Waals surface area contributed by atoms with E-state index in [4.69, 9.17) is 0 Å². The standard InChI is InChI=1S/C17H21N3O2S/c1-14-13-23-17(22)20(14)12-9-18-7-10-19(11-8-18)16(21)15-5-3-2-4-6-15/h2-6,13H,7-12H2,1H3. The van der Waals surface area contributed by atoms with Gasteiger partial charge in [0.05, 0.1) is 0 Å². The maximum Gasteiger partial charge on any atom is 0.307 e. The Labute approximate surface area is 139 Å². The Morgan fingerprint density at radius 3 is 2.39 bits per heavy atom. The molecule has 0 spiro atoms. The van der Waals surface area contributed by atoms with E-state index in [0.29, 0.717) is 0 Å². The summed E-state index contributed by atoms with van der Waals surface area (Å²) in [7, 11) is 0. The molecule has 0 atom stereocenters. The molecule has 1 aliphatic heterocycles. The van der Waals surface area contributed by atoms with Crippen LogP contribution in [0.2, 0.25) is 0 Å². The average Bonchev–Trinajstić information content (AvgIpc) is 2.92. The Morgan fingerprint density at radius 1 is 1.09 bits per heavy atom. The Balaban J connectivity index is 1.51. The first-order valence-electron chi connectivity index (χ1n) is 7.87. The lowest BCUT2D eigenvalue weighted by molar-refractivity contribution is 0.0633. The maximum atomic E-state index is 12.4. The summed E-state index contributed by atoms with van der Waals surface area (Å²) >= 11 is 1.26. The fraction of sp³-hybridized carbons (Fsp3) is 0.412. The fourth-order valence-electron chi connectivity index (χ4n) is 2.85. The van der Waals surface area contributed by atoms with Crippen LogP contribution in [0, 0.1) is 6.92 Å². The number of hydrogen-bond acceptors (Lipinski definition) is 4. The first-order valence-corrected chi connectivity index (χ1v) is 8.75. The van der Waals surface area contributed by atoms with Crippen molar-refractivity contribution in [2.24, 2.45) is 0 Å². The van der Waals surface area contributed by atoms with Gasteiger partial charge < -0.3 is 9.47 Å². The van der Waals surface area contributed by atoms with Crippen LogP contribution in [0.3, 0.4) is 0 Å². The van der Waals surface area contributed by atoms with Crippen molar-refractivity contribution in [1.29, 1.82) is 0 Å². The lowest BCUT2D eigenvalue weighted by Gasteiger charge is -2.34. The van der Waals surface area contributed by atoms with Crippen LogP contribution in [0.4, 0.5) is 0 Å². The van der Waals surface area contributed by atoms with Crippen LogP contribution in [0.15, 0.2) is 40.5 Å². The van der Waals surface area contributed by atoms with Crippen LogP contribution < -0.4 is 4.87 Å². The SMILES string of the molecule is Cc1csc(=O)n1CCN1CCN(C(=O)c2ccccc2)CC1. The molecular weight excluding hydrogens is 310 g/mol. The van der Waals surface area contributed by atoms with Crippen LogP contribution in [0.25, 0.3) is 0 Å². The number of piperazine rings is 1. The van der Waals surface area contributed by atoms with Gasteiger partial charge in [0.2, 0.25) is 0 Å². The molecule has 0 unspecified atom stereocenters. The summed E-state index contributed by atoms with van der Waals surface area (Å²) in [6, 6.07) is 9.43. The van der Waals surface area contributed by atoms with Crippen LogP contribution in [-0.4, -0.2) is 53.0 Å². The van der Waals surface area contributed by atoms with E-state index in [9.17, 15) is 9.59 Å². The minimum Gasteiger partial charge on any atom is -0.336 e. The number of benzene rings is 1. The predicted molar refractivity (Wildman–Crippen MR) is 92.1 cm³/mol. The van der Waals surface area contributed by atoms with Gasteiger partial charge in [-0.2, -0.15) is 0 Å². The van der Waals surface area contributed by atoms with Crippen molar-refractivity contribution in [3.8, 4) is 0 Å². The molecule has 1 saturated heterocycles. The molecule has 1 amide bonds. The third-order valence-electron chi connectivity index (χ3n) is 4.30. The fourth-order valence-corrected chi connectivity index (χ4v) is 3.61. The van der Waals surface area contributed by atoms with Crippen LogP contribution in [0.1, 0.15) is 16.1 Å². The predicted octanol–water partition coefficient (Wildman–Crippen LogP) is 1.68. The van der Waals surface area contributed by atoms with Gasteiger partial charge in [-0.3, -0.25) is 14.5 Å². The van der Waals surface area contributed by atoms with Crippen molar-refractivity contribution in [2.75, 3.05) is 32.7 Å².